The third-order valence-electron chi connectivity index (χ3n) is 3.49. The Morgan fingerprint density at radius 1 is 1.19 bits per heavy atom. The van der Waals surface area contributed by atoms with Gasteiger partial charge in [0.2, 0.25) is 5.82 Å². The van der Waals surface area contributed by atoms with Gasteiger partial charge in [0.15, 0.2) is 0 Å². The summed E-state index contributed by atoms with van der Waals surface area (Å²) in [5.74, 6) is -2.67. The quantitative estimate of drug-likeness (QED) is 0.682. The summed E-state index contributed by atoms with van der Waals surface area (Å²) in [4.78, 5) is 27.4. The fourth-order valence-corrected chi connectivity index (χ4v) is 2.37. The van der Waals surface area contributed by atoms with E-state index in [0.717, 1.165) is 4.57 Å². The van der Waals surface area contributed by atoms with Crippen LogP contribution >= 0.6 is 0 Å². The Hall–Kier alpha value is -3.37. The van der Waals surface area contributed by atoms with E-state index in [1.807, 2.05) is 0 Å². The summed E-state index contributed by atoms with van der Waals surface area (Å²) in [5.41, 5.74) is 4.67. The molecule has 0 fully saturated rings. The number of rotatable bonds is 3. The number of nitrogens with one attached hydrogen (secondary N) is 2. The van der Waals surface area contributed by atoms with Crippen molar-refractivity contribution in [2.45, 2.75) is 12.7 Å². The van der Waals surface area contributed by atoms with Gasteiger partial charge in [0.05, 0.1) is 22.8 Å². The van der Waals surface area contributed by atoms with E-state index in [1.54, 1.807) is 19.2 Å². The van der Waals surface area contributed by atoms with Crippen LogP contribution in [0.25, 0.3) is 11.0 Å². The van der Waals surface area contributed by atoms with Gasteiger partial charge in [0.1, 0.15) is 6.54 Å². The van der Waals surface area contributed by atoms with Crippen molar-refractivity contribution < 1.29 is 22.8 Å². The SMILES string of the molecule is Cn1cc(C(=O)NNC(=O)Cn2c(C(F)(F)F)nc3ccccc32)cn1. The van der Waals surface area contributed by atoms with E-state index in [-0.39, 0.29) is 16.6 Å². The summed E-state index contributed by atoms with van der Waals surface area (Å²) in [6.45, 7) is -0.664. The first kappa shape index (κ1) is 17.5. The average Bonchev–Trinajstić information content (AvgIpc) is 3.17. The van der Waals surface area contributed by atoms with Crippen LogP contribution in [-0.4, -0.2) is 31.1 Å². The van der Waals surface area contributed by atoms with E-state index in [9.17, 15) is 22.8 Å². The van der Waals surface area contributed by atoms with Gasteiger partial charge in [0, 0.05) is 13.2 Å². The molecule has 0 aliphatic carbocycles. The van der Waals surface area contributed by atoms with E-state index in [2.05, 4.69) is 20.9 Å². The second kappa shape index (κ2) is 6.50. The fourth-order valence-electron chi connectivity index (χ4n) is 2.37. The van der Waals surface area contributed by atoms with E-state index in [0.29, 0.717) is 0 Å². The molecule has 0 spiro atoms. The molecule has 0 saturated heterocycles. The zero-order valence-electron chi connectivity index (χ0n) is 13.4. The molecule has 0 bridgehead atoms. The topological polar surface area (TPSA) is 93.8 Å². The van der Waals surface area contributed by atoms with Crippen LogP contribution in [0.4, 0.5) is 13.2 Å². The van der Waals surface area contributed by atoms with Crippen LogP contribution < -0.4 is 10.9 Å². The third-order valence-corrected chi connectivity index (χ3v) is 3.49. The van der Waals surface area contributed by atoms with E-state index in [1.165, 1.54) is 29.2 Å². The number of benzene rings is 1. The van der Waals surface area contributed by atoms with E-state index < -0.39 is 30.4 Å². The molecule has 2 amide bonds. The molecule has 3 rings (SSSR count). The number of hydrogen-bond acceptors (Lipinski definition) is 4. The maximum Gasteiger partial charge on any atom is 0.449 e. The summed E-state index contributed by atoms with van der Waals surface area (Å²) in [6.07, 6.45) is -2.02. The second-order valence-electron chi connectivity index (χ2n) is 5.41. The molecule has 136 valence electrons. The Bertz CT molecular complexity index is 975. The Morgan fingerprint density at radius 2 is 1.92 bits per heavy atom. The van der Waals surface area contributed by atoms with Crippen LogP contribution in [0.5, 0.6) is 0 Å². The number of para-hydroxylation sites is 2. The van der Waals surface area contributed by atoms with E-state index >= 15 is 0 Å². The molecule has 1 aromatic carbocycles. The Labute approximate surface area is 144 Å². The molecule has 0 saturated carbocycles. The molecule has 8 nitrogen and oxygen atoms in total. The van der Waals surface area contributed by atoms with Crippen molar-refractivity contribution in [3.05, 3.63) is 48.0 Å². The molecule has 3 aromatic rings. The first-order valence-electron chi connectivity index (χ1n) is 7.36. The standard InChI is InChI=1S/C15H13F3N6O2/c1-23-7-9(6-19-23)13(26)22-21-12(25)8-24-11-5-3-2-4-10(11)20-14(24)15(16,17)18/h2-7H,8H2,1H3,(H,21,25)(H,22,26). The van der Waals surface area contributed by atoms with Crippen molar-refractivity contribution in [3.63, 3.8) is 0 Å². The number of alkyl halides is 3. The van der Waals surface area contributed by atoms with Crippen molar-refractivity contribution in [1.82, 2.24) is 30.2 Å². The lowest BCUT2D eigenvalue weighted by Gasteiger charge is -2.12. The number of carbonyl (C=O) groups excluding carboxylic acids is 2. The molecule has 2 N–H and O–H groups in total. The van der Waals surface area contributed by atoms with Crippen LogP contribution in [0.1, 0.15) is 16.2 Å². The number of aromatic nitrogens is 4. The summed E-state index contributed by atoms with van der Waals surface area (Å²) in [7, 11) is 1.61. The molecular formula is C15H13F3N6O2. The molecular weight excluding hydrogens is 353 g/mol. The Kier molecular flexibility index (Phi) is 4.36. The zero-order valence-corrected chi connectivity index (χ0v) is 13.4. The van der Waals surface area contributed by atoms with Crippen molar-refractivity contribution >= 4 is 22.8 Å². The maximum absolute atomic E-state index is 13.2. The van der Waals surface area contributed by atoms with Gasteiger partial charge in [-0.15, -0.1) is 0 Å². The Balaban J connectivity index is 1.76. The lowest BCUT2D eigenvalue weighted by atomic mass is 10.3. The van der Waals surface area contributed by atoms with Gasteiger partial charge in [0.25, 0.3) is 11.8 Å². The van der Waals surface area contributed by atoms with Crippen LogP contribution in [0.2, 0.25) is 0 Å². The van der Waals surface area contributed by atoms with Crippen molar-refractivity contribution in [2.75, 3.05) is 0 Å². The predicted octanol–water partition coefficient (Wildman–Crippen LogP) is 1.25. The smallest absolute Gasteiger partial charge is 0.311 e. The highest BCUT2D eigenvalue weighted by Crippen LogP contribution is 2.31. The van der Waals surface area contributed by atoms with Gasteiger partial charge < -0.3 is 4.57 Å². The highest BCUT2D eigenvalue weighted by atomic mass is 19.4. The monoisotopic (exact) mass is 366 g/mol. The minimum Gasteiger partial charge on any atom is -0.311 e. The maximum atomic E-state index is 13.2. The molecule has 11 heteroatoms. The number of aryl methyl sites for hydroxylation is 1. The number of amides is 2. The molecule has 0 atom stereocenters. The molecule has 0 unspecified atom stereocenters. The van der Waals surface area contributed by atoms with Crippen molar-refractivity contribution in [2.24, 2.45) is 7.05 Å². The van der Waals surface area contributed by atoms with Crippen LogP contribution in [-0.2, 0) is 24.6 Å². The molecule has 0 aliphatic heterocycles. The number of halogens is 3. The highest BCUT2D eigenvalue weighted by molar-refractivity contribution is 5.95. The first-order chi connectivity index (χ1) is 12.3. The minimum atomic E-state index is -4.72. The molecule has 0 radical (unpaired) electrons. The van der Waals surface area contributed by atoms with Crippen molar-refractivity contribution in [3.8, 4) is 0 Å². The molecule has 26 heavy (non-hydrogen) atoms. The van der Waals surface area contributed by atoms with Gasteiger partial charge in [-0.3, -0.25) is 25.1 Å². The Morgan fingerprint density at radius 3 is 2.58 bits per heavy atom. The number of nitrogens with zero attached hydrogens (tertiary/aromatic N) is 4. The molecule has 2 heterocycles. The lowest BCUT2D eigenvalue weighted by Crippen LogP contribution is -2.43. The average molecular weight is 366 g/mol. The largest absolute Gasteiger partial charge is 0.449 e. The van der Waals surface area contributed by atoms with Gasteiger partial charge >= 0.3 is 6.18 Å². The van der Waals surface area contributed by atoms with Crippen LogP contribution in [0, 0.1) is 0 Å². The third kappa shape index (κ3) is 3.50. The van der Waals surface area contributed by atoms with E-state index in [4.69, 9.17) is 0 Å². The summed E-state index contributed by atoms with van der Waals surface area (Å²) in [5, 5.41) is 3.80. The first-order valence-corrected chi connectivity index (χ1v) is 7.36. The van der Waals surface area contributed by atoms with Gasteiger partial charge in [-0.05, 0) is 12.1 Å². The van der Waals surface area contributed by atoms with Gasteiger partial charge in [-0.1, -0.05) is 12.1 Å². The lowest BCUT2D eigenvalue weighted by molar-refractivity contribution is -0.147. The minimum absolute atomic E-state index is 0.118. The van der Waals surface area contributed by atoms with Crippen LogP contribution in [0.3, 0.4) is 0 Å². The number of imidazole rings is 1. The number of hydrogen-bond donors (Lipinski definition) is 2. The van der Waals surface area contributed by atoms with Crippen molar-refractivity contribution in [1.29, 1.82) is 0 Å². The van der Waals surface area contributed by atoms with Gasteiger partial charge in [-0.2, -0.15) is 18.3 Å². The molecule has 2 aromatic heterocycles. The second-order valence-corrected chi connectivity index (χ2v) is 5.41. The predicted molar refractivity (Wildman–Crippen MR) is 83.6 cm³/mol. The zero-order chi connectivity index (χ0) is 18.9. The summed E-state index contributed by atoms with van der Waals surface area (Å²) in [6, 6.07) is 5.94. The van der Waals surface area contributed by atoms with Gasteiger partial charge in [-0.25, -0.2) is 4.98 Å². The van der Waals surface area contributed by atoms with Crippen LogP contribution in [0.15, 0.2) is 36.7 Å². The number of fused-ring (bicyclic) bond motifs is 1. The summed E-state index contributed by atoms with van der Waals surface area (Å²) < 4.78 is 41.7. The molecule has 0 aliphatic rings. The summed E-state index contributed by atoms with van der Waals surface area (Å²) >= 11 is 0. The number of hydrazine groups is 1. The number of carbonyl (C=O) groups is 2. The highest BCUT2D eigenvalue weighted by Gasteiger charge is 2.38. The normalized spacial score (nSPS) is 11.5. The fraction of sp³-hybridized carbons (Fsp3) is 0.200.